The molecule has 0 aliphatic rings. The molecule has 6 nitrogen and oxygen atoms in total. The first-order chi connectivity index (χ1) is 13.0. The molecule has 3 aromatic rings. The maximum Gasteiger partial charge on any atom is 0.255 e. The van der Waals surface area contributed by atoms with Gasteiger partial charge in [0.1, 0.15) is 5.75 Å². The second kappa shape index (κ2) is 8.03. The van der Waals surface area contributed by atoms with E-state index in [1.54, 1.807) is 19.2 Å². The molecule has 0 aliphatic carbocycles. The van der Waals surface area contributed by atoms with Crippen molar-refractivity contribution in [2.24, 2.45) is 0 Å². The first-order valence-electron chi connectivity index (χ1n) is 8.83. The summed E-state index contributed by atoms with van der Waals surface area (Å²) >= 11 is 0. The number of hydrogen-bond donors (Lipinski definition) is 1. The van der Waals surface area contributed by atoms with Crippen LogP contribution in [0, 0.1) is 6.92 Å². The first-order valence-corrected chi connectivity index (χ1v) is 8.83. The van der Waals surface area contributed by atoms with Gasteiger partial charge in [0.05, 0.1) is 7.11 Å². The van der Waals surface area contributed by atoms with Crippen molar-refractivity contribution in [1.82, 2.24) is 10.1 Å². The Morgan fingerprint density at radius 3 is 2.52 bits per heavy atom. The lowest BCUT2D eigenvalue weighted by Crippen LogP contribution is -2.12. The van der Waals surface area contributed by atoms with Gasteiger partial charge in [-0.1, -0.05) is 31.1 Å². The van der Waals surface area contributed by atoms with E-state index in [0.29, 0.717) is 23.7 Å². The van der Waals surface area contributed by atoms with Gasteiger partial charge in [0.2, 0.25) is 5.89 Å². The van der Waals surface area contributed by atoms with Gasteiger partial charge in [-0.05, 0) is 48.4 Å². The van der Waals surface area contributed by atoms with Crippen LogP contribution in [0.4, 0.5) is 5.69 Å². The van der Waals surface area contributed by atoms with Crippen LogP contribution < -0.4 is 10.1 Å². The molecule has 1 N–H and O–H groups in total. The van der Waals surface area contributed by atoms with E-state index in [-0.39, 0.29) is 11.8 Å². The van der Waals surface area contributed by atoms with Crippen LogP contribution in [0.5, 0.6) is 5.75 Å². The average molecular weight is 365 g/mol. The molecule has 1 aromatic heterocycles. The summed E-state index contributed by atoms with van der Waals surface area (Å²) in [6, 6.07) is 13.0. The molecule has 0 aliphatic heterocycles. The number of benzene rings is 2. The van der Waals surface area contributed by atoms with E-state index in [2.05, 4.69) is 15.5 Å². The Kier molecular flexibility index (Phi) is 5.54. The number of nitrogens with one attached hydrogen (secondary N) is 1. The largest absolute Gasteiger partial charge is 0.496 e. The van der Waals surface area contributed by atoms with Crippen LogP contribution in [0.1, 0.15) is 53.0 Å². The summed E-state index contributed by atoms with van der Waals surface area (Å²) in [5, 5.41) is 6.90. The topological polar surface area (TPSA) is 77.2 Å². The van der Waals surface area contributed by atoms with Crippen LogP contribution in [0.15, 0.2) is 47.0 Å². The molecule has 1 amide bonds. The molecule has 6 heteroatoms. The average Bonchev–Trinajstić information content (AvgIpc) is 3.12. The first kappa shape index (κ1) is 18.6. The molecule has 0 radical (unpaired) electrons. The van der Waals surface area contributed by atoms with Crippen LogP contribution in [0.2, 0.25) is 0 Å². The Hall–Kier alpha value is -3.15. The smallest absolute Gasteiger partial charge is 0.255 e. The van der Waals surface area contributed by atoms with Gasteiger partial charge in [-0.2, -0.15) is 4.98 Å². The van der Waals surface area contributed by atoms with Crippen molar-refractivity contribution in [2.45, 2.75) is 33.1 Å². The fourth-order valence-electron chi connectivity index (χ4n) is 2.69. The van der Waals surface area contributed by atoms with E-state index in [9.17, 15) is 4.79 Å². The summed E-state index contributed by atoms with van der Waals surface area (Å²) in [7, 11) is 1.61. The van der Waals surface area contributed by atoms with Crippen LogP contribution in [-0.2, 0) is 6.42 Å². The minimum absolute atomic E-state index is 0.159. The number of aryl methyl sites for hydroxylation is 1. The molecule has 0 saturated carbocycles. The van der Waals surface area contributed by atoms with Crippen LogP contribution in [-0.4, -0.2) is 23.2 Å². The van der Waals surface area contributed by atoms with Gasteiger partial charge in [-0.15, -0.1) is 0 Å². The summed E-state index contributed by atoms with van der Waals surface area (Å²) in [5.41, 5.74) is 3.28. The van der Waals surface area contributed by atoms with Gasteiger partial charge in [0.25, 0.3) is 5.91 Å². The molecule has 0 saturated heterocycles. The molecule has 3 rings (SSSR count). The molecule has 140 valence electrons. The number of hydrogen-bond acceptors (Lipinski definition) is 5. The summed E-state index contributed by atoms with van der Waals surface area (Å²) in [6.45, 7) is 5.94. The van der Waals surface area contributed by atoms with Crippen molar-refractivity contribution in [3.8, 4) is 5.75 Å². The third kappa shape index (κ3) is 4.53. The zero-order valence-electron chi connectivity index (χ0n) is 15.9. The number of amides is 1. The number of carbonyl (C=O) groups excluding carboxylic acids is 1. The summed E-state index contributed by atoms with van der Waals surface area (Å²) in [4.78, 5) is 16.8. The minimum atomic E-state index is -0.159. The summed E-state index contributed by atoms with van der Waals surface area (Å²) in [6.07, 6.45) is 0.585. The highest BCUT2D eigenvalue weighted by molar-refractivity contribution is 6.04. The van der Waals surface area contributed by atoms with Crippen LogP contribution >= 0.6 is 0 Å². The molecular formula is C21H23N3O3. The molecule has 0 unspecified atom stereocenters. The highest BCUT2D eigenvalue weighted by Gasteiger charge is 2.11. The maximum absolute atomic E-state index is 12.4. The van der Waals surface area contributed by atoms with Gasteiger partial charge >= 0.3 is 0 Å². The van der Waals surface area contributed by atoms with Gasteiger partial charge in [0.15, 0.2) is 5.82 Å². The van der Waals surface area contributed by atoms with E-state index in [4.69, 9.17) is 9.26 Å². The number of aromatic nitrogens is 2. The van der Waals surface area contributed by atoms with Crippen molar-refractivity contribution >= 4 is 11.6 Å². The quantitative estimate of drug-likeness (QED) is 0.702. The third-order valence-corrected chi connectivity index (χ3v) is 4.21. The van der Waals surface area contributed by atoms with Crippen molar-refractivity contribution in [1.29, 1.82) is 0 Å². The molecule has 1 heterocycles. The Bertz CT molecular complexity index is 930. The molecule has 27 heavy (non-hydrogen) atoms. The van der Waals surface area contributed by atoms with Crippen LogP contribution in [0.25, 0.3) is 0 Å². The molecule has 0 fully saturated rings. The molecule has 0 bridgehead atoms. The zero-order chi connectivity index (χ0) is 19.4. The SMILES string of the molecule is COc1ccc(C(=O)Nc2ccc(Cc3noc(C(C)C)n3)cc2)cc1C. The van der Waals surface area contributed by atoms with Crippen molar-refractivity contribution in [2.75, 3.05) is 12.4 Å². The fourth-order valence-corrected chi connectivity index (χ4v) is 2.69. The van der Waals surface area contributed by atoms with E-state index < -0.39 is 0 Å². The number of rotatable bonds is 6. The van der Waals surface area contributed by atoms with E-state index in [1.165, 1.54) is 0 Å². The zero-order valence-corrected chi connectivity index (χ0v) is 15.9. The lowest BCUT2D eigenvalue weighted by atomic mass is 10.1. The standard InChI is InChI=1S/C21H23N3O3/c1-13(2)21-23-19(24-27-21)12-15-5-8-17(9-6-15)22-20(25)16-7-10-18(26-4)14(3)11-16/h5-11,13H,12H2,1-4H3,(H,22,25). The van der Waals surface area contributed by atoms with Crippen LogP contribution in [0.3, 0.4) is 0 Å². The number of ether oxygens (including phenoxy) is 1. The molecule has 0 spiro atoms. The lowest BCUT2D eigenvalue weighted by Gasteiger charge is -2.09. The molecule has 0 atom stereocenters. The Labute approximate surface area is 158 Å². The highest BCUT2D eigenvalue weighted by atomic mass is 16.5. The number of methoxy groups -OCH3 is 1. The normalized spacial score (nSPS) is 10.9. The fraction of sp³-hybridized carbons (Fsp3) is 0.286. The van der Waals surface area contributed by atoms with Gasteiger partial charge in [0, 0.05) is 23.6 Å². The van der Waals surface area contributed by atoms with E-state index in [0.717, 1.165) is 22.6 Å². The van der Waals surface area contributed by atoms with E-state index >= 15 is 0 Å². The molecular weight excluding hydrogens is 342 g/mol. The van der Waals surface area contributed by atoms with E-state index in [1.807, 2.05) is 51.1 Å². The Morgan fingerprint density at radius 1 is 1.19 bits per heavy atom. The predicted molar refractivity (Wildman–Crippen MR) is 103 cm³/mol. The summed E-state index contributed by atoms with van der Waals surface area (Å²) < 4.78 is 10.4. The van der Waals surface area contributed by atoms with Gasteiger partial charge in [-0.25, -0.2) is 0 Å². The summed E-state index contributed by atoms with van der Waals surface area (Å²) in [5.74, 6) is 2.12. The van der Waals surface area contributed by atoms with Crippen molar-refractivity contribution in [3.05, 3.63) is 70.9 Å². The minimum Gasteiger partial charge on any atom is -0.496 e. The number of carbonyl (C=O) groups is 1. The second-order valence-electron chi connectivity index (χ2n) is 6.72. The Morgan fingerprint density at radius 2 is 1.93 bits per heavy atom. The second-order valence-corrected chi connectivity index (χ2v) is 6.72. The number of anilines is 1. The van der Waals surface area contributed by atoms with Crippen molar-refractivity contribution < 1.29 is 14.1 Å². The number of nitrogens with zero attached hydrogens (tertiary/aromatic N) is 2. The Balaban J connectivity index is 1.64. The lowest BCUT2D eigenvalue weighted by molar-refractivity contribution is 0.102. The third-order valence-electron chi connectivity index (χ3n) is 4.21. The van der Waals surface area contributed by atoms with Gasteiger partial charge in [-0.3, -0.25) is 4.79 Å². The predicted octanol–water partition coefficient (Wildman–Crippen LogP) is 4.35. The van der Waals surface area contributed by atoms with Crippen molar-refractivity contribution in [3.63, 3.8) is 0 Å². The monoisotopic (exact) mass is 365 g/mol. The van der Waals surface area contributed by atoms with Gasteiger partial charge < -0.3 is 14.6 Å². The molecule has 2 aromatic carbocycles. The maximum atomic E-state index is 12.4. The highest BCUT2D eigenvalue weighted by Crippen LogP contribution is 2.20.